The van der Waals surface area contributed by atoms with Crippen molar-refractivity contribution in [1.29, 1.82) is 0 Å². The minimum Gasteiger partial charge on any atom is -0.454 e. The van der Waals surface area contributed by atoms with Gasteiger partial charge < -0.3 is 15.2 Å². The molecule has 3 heterocycles. The van der Waals surface area contributed by atoms with Gasteiger partial charge in [0.05, 0.1) is 18.6 Å². The van der Waals surface area contributed by atoms with Crippen LogP contribution in [0.1, 0.15) is 0 Å². The molecule has 0 spiro atoms. The summed E-state index contributed by atoms with van der Waals surface area (Å²) in [6.07, 6.45) is 1.74. The topological polar surface area (TPSA) is 97.2 Å². The standard InChI is InChI=1S/C18H16FN5O3/c19-7-12(8-20)9-24-18(25)23(10-21-24)17-3-1-2-14(22-17)13-4-5-15-16(6-13)27-11-26-15/h1-7,10H,8-9,11,20H2/b12-7+. The normalized spacial score (nSPS) is 13.2. The Hall–Kier alpha value is -3.46. The Bertz CT molecular complexity index is 1070. The van der Waals surface area contributed by atoms with Gasteiger partial charge in [0.2, 0.25) is 6.79 Å². The van der Waals surface area contributed by atoms with Crippen molar-refractivity contribution in [3.63, 3.8) is 0 Å². The summed E-state index contributed by atoms with van der Waals surface area (Å²) in [6.45, 7) is 0.188. The summed E-state index contributed by atoms with van der Waals surface area (Å²) in [5.41, 5.74) is 6.76. The third-order valence-electron chi connectivity index (χ3n) is 4.15. The van der Waals surface area contributed by atoms with E-state index in [0.29, 0.717) is 29.3 Å². The second kappa shape index (κ2) is 7.04. The molecule has 9 heteroatoms. The van der Waals surface area contributed by atoms with Crippen molar-refractivity contribution in [1.82, 2.24) is 19.3 Å². The fraction of sp³-hybridized carbons (Fsp3) is 0.167. The fourth-order valence-electron chi connectivity index (χ4n) is 2.71. The summed E-state index contributed by atoms with van der Waals surface area (Å²) in [5.74, 6) is 1.74. The van der Waals surface area contributed by atoms with Crippen LogP contribution >= 0.6 is 0 Å². The van der Waals surface area contributed by atoms with Gasteiger partial charge in [-0.15, -0.1) is 0 Å². The van der Waals surface area contributed by atoms with Crippen LogP contribution in [-0.2, 0) is 6.54 Å². The Balaban J connectivity index is 1.67. The van der Waals surface area contributed by atoms with Crippen LogP contribution in [0.3, 0.4) is 0 Å². The molecule has 1 aromatic carbocycles. The molecular weight excluding hydrogens is 353 g/mol. The molecule has 0 saturated carbocycles. The first kappa shape index (κ1) is 17.0. The molecule has 0 bridgehead atoms. The minimum atomic E-state index is -0.432. The Morgan fingerprint density at radius 3 is 2.93 bits per heavy atom. The number of halogens is 1. The fourth-order valence-corrected chi connectivity index (χ4v) is 2.71. The molecule has 3 aromatic rings. The molecule has 0 radical (unpaired) electrons. The molecule has 0 atom stereocenters. The number of nitrogens with two attached hydrogens (primary N) is 1. The van der Waals surface area contributed by atoms with Crippen LogP contribution in [0.5, 0.6) is 11.5 Å². The van der Waals surface area contributed by atoms with Gasteiger partial charge in [-0.3, -0.25) is 0 Å². The third-order valence-corrected chi connectivity index (χ3v) is 4.15. The summed E-state index contributed by atoms with van der Waals surface area (Å²) in [7, 11) is 0. The average Bonchev–Trinajstić information content (AvgIpc) is 3.32. The van der Waals surface area contributed by atoms with Gasteiger partial charge in [0, 0.05) is 12.1 Å². The number of hydrogen-bond donors (Lipinski definition) is 1. The number of rotatable bonds is 5. The van der Waals surface area contributed by atoms with E-state index < -0.39 is 5.69 Å². The summed E-state index contributed by atoms with van der Waals surface area (Å²) < 4.78 is 25.8. The number of nitrogens with zero attached hydrogens (tertiary/aromatic N) is 4. The molecule has 8 nitrogen and oxygen atoms in total. The number of pyridine rings is 1. The van der Waals surface area contributed by atoms with Crippen LogP contribution < -0.4 is 20.9 Å². The van der Waals surface area contributed by atoms with Gasteiger partial charge in [-0.2, -0.15) is 5.10 Å². The third kappa shape index (κ3) is 3.20. The van der Waals surface area contributed by atoms with Gasteiger partial charge in [0.15, 0.2) is 11.5 Å². The summed E-state index contributed by atoms with van der Waals surface area (Å²) in [4.78, 5) is 17.1. The van der Waals surface area contributed by atoms with Gasteiger partial charge in [-0.1, -0.05) is 6.07 Å². The lowest BCUT2D eigenvalue weighted by Crippen LogP contribution is -2.26. The zero-order chi connectivity index (χ0) is 18.8. The van der Waals surface area contributed by atoms with E-state index >= 15 is 0 Å². The molecule has 0 amide bonds. The summed E-state index contributed by atoms with van der Waals surface area (Å²) in [5, 5.41) is 4.01. The Morgan fingerprint density at radius 1 is 1.26 bits per heavy atom. The average molecular weight is 369 g/mol. The van der Waals surface area contributed by atoms with Crippen molar-refractivity contribution in [2.45, 2.75) is 6.54 Å². The number of aromatic nitrogens is 4. The van der Waals surface area contributed by atoms with E-state index in [-0.39, 0.29) is 25.5 Å². The monoisotopic (exact) mass is 369 g/mol. The second-order valence-electron chi connectivity index (χ2n) is 5.86. The second-order valence-corrected chi connectivity index (χ2v) is 5.86. The van der Waals surface area contributed by atoms with E-state index in [1.807, 2.05) is 24.3 Å². The van der Waals surface area contributed by atoms with Crippen molar-refractivity contribution in [3.8, 4) is 28.6 Å². The van der Waals surface area contributed by atoms with Crippen LogP contribution in [0.2, 0.25) is 0 Å². The molecule has 0 aliphatic carbocycles. The predicted molar refractivity (Wildman–Crippen MR) is 95.4 cm³/mol. The molecule has 1 aliphatic heterocycles. The maximum absolute atomic E-state index is 12.7. The van der Waals surface area contributed by atoms with Crippen molar-refractivity contribution in [3.05, 3.63) is 65.1 Å². The lowest BCUT2D eigenvalue weighted by molar-refractivity contribution is 0.174. The van der Waals surface area contributed by atoms with Gasteiger partial charge in [-0.25, -0.2) is 23.4 Å². The number of ether oxygens (including phenoxy) is 2. The SMILES string of the molecule is NC/C(=C\F)Cn1ncn(-c2cccc(-c3ccc4c(c3)OCO4)n2)c1=O. The highest BCUT2D eigenvalue weighted by Crippen LogP contribution is 2.35. The molecule has 0 saturated heterocycles. The number of hydrogen-bond acceptors (Lipinski definition) is 6. The largest absolute Gasteiger partial charge is 0.454 e. The van der Waals surface area contributed by atoms with Crippen LogP contribution in [-0.4, -0.2) is 32.7 Å². The first-order valence-electron chi connectivity index (χ1n) is 8.19. The molecule has 27 heavy (non-hydrogen) atoms. The van der Waals surface area contributed by atoms with Gasteiger partial charge >= 0.3 is 5.69 Å². The maximum Gasteiger partial charge on any atom is 0.351 e. The van der Waals surface area contributed by atoms with Crippen molar-refractivity contribution in [2.24, 2.45) is 5.73 Å². The van der Waals surface area contributed by atoms with Crippen LogP contribution in [0, 0.1) is 0 Å². The highest BCUT2D eigenvalue weighted by Gasteiger charge is 2.15. The lowest BCUT2D eigenvalue weighted by Gasteiger charge is -2.06. The molecule has 2 aromatic heterocycles. The number of benzene rings is 1. The first-order valence-corrected chi connectivity index (χ1v) is 8.19. The Kier molecular flexibility index (Phi) is 4.43. The van der Waals surface area contributed by atoms with E-state index in [1.54, 1.807) is 12.1 Å². The highest BCUT2D eigenvalue weighted by molar-refractivity contribution is 5.65. The van der Waals surface area contributed by atoms with Crippen LogP contribution in [0.25, 0.3) is 17.1 Å². The molecule has 0 fully saturated rings. The van der Waals surface area contributed by atoms with Gasteiger partial charge in [0.1, 0.15) is 12.1 Å². The summed E-state index contributed by atoms with van der Waals surface area (Å²) in [6, 6.07) is 10.8. The minimum absolute atomic E-state index is 0.00759. The summed E-state index contributed by atoms with van der Waals surface area (Å²) >= 11 is 0. The molecular formula is C18H16FN5O3. The quantitative estimate of drug-likeness (QED) is 0.734. The van der Waals surface area contributed by atoms with Crippen molar-refractivity contribution >= 4 is 0 Å². The molecule has 4 rings (SSSR count). The maximum atomic E-state index is 12.7. The lowest BCUT2D eigenvalue weighted by atomic mass is 10.1. The predicted octanol–water partition coefficient (Wildman–Crippen LogP) is 1.64. The zero-order valence-electron chi connectivity index (χ0n) is 14.2. The van der Waals surface area contributed by atoms with E-state index in [2.05, 4.69) is 10.1 Å². The van der Waals surface area contributed by atoms with Crippen molar-refractivity contribution in [2.75, 3.05) is 13.3 Å². The van der Waals surface area contributed by atoms with E-state index in [4.69, 9.17) is 15.2 Å². The first-order chi connectivity index (χ1) is 13.2. The molecule has 0 unspecified atom stereocenters. The smallest absolute Gasteiger partial charge is 0.351 e. The van der Waals surface area contributed by atoms with Crippen LogP contribution in [0.15, 0.2) is 59.4 Å². The van der Waals surface area contributed by atoms with E-state index in [0.717, 1.165) is 10.2 Å². The van der Waals surface area contributed by atoms with Crippen LogP contribution in [0.4, 0.5) is 4.39 Å². The molecule has 1 aliphatic rings. The van der Waals surface area contributed by atoms with E-state index in [1.165, 1.54) is 10.9 Å². The Labute approximate surface area is 153 Å². The zero-order valence-corrected chi connectivity index (χ0v) is 14.2. The van der Waals surface area contributed by atoms with Gasteiger partial charge in [0.25, 0.3) is 0 Å². The Morgan fingerprint density at radius 2 is 2.11 bits per heavy atom. The molecule has 138 valence electrons. The van der Waals surface area contributed by atoms with Gasteiger partial charge in [-0.05, 0) is 35.9 Å². The highest BCUT2D eigenvalue weighted by atomic mass is 19.1. The van der Waals surface area contributed by atoms with Crippen molar-refractivity contribution < 1.29 is 13.9 Å². The number of fused-ring (bicyclic) bond motifs is 1. The molecule has 2 N–H and O–H groups in total. The van der Waals surface area contributed by atoms with E-state index in [9.17, 15) is 9.18 Å².